The molecule has 1 aromatic carbocycles. The lowest BCUT2D eigenvalue weighted by Gasteiger charge is -2.08. The number of sulfonamides is 1. The van der Waals surface area contributed by atoms with Gasteiger partial charge in [-0.05, 0) is 46.9 Å². The van der Waals surface area contributed by atoms with E-state index in [1.54, 1.807) is 23.6 Å². The second kappa shape index (κ2) is 5.24. The summed E-state index contributed by atoms with van der Waals surface area (Å²) in [6, 6.07) is 6.36. The SMILES string of the molecule is Nc1csc(S(=O)(=O)Nc2ccc(Cl)cc2I)c1. The number of nitrogen functional groups attached to an aromatic ring is 1. The van der Waals surface area contributed by atoms with Gasteiger partial charge in [-0.3, -0.25) is 4.72 Å². The largest absolute Gasteiger partial charge is 0.398 e. The van der Waals surface area contributed by atoms with Gasteiger partial charge in [-0.15, -0.1) is 11.3 Å². The number of hydrogen-bond acceptors (Lipinski definition) is 4. The van der Waals surface area contributed by atoms with E-state index in [4.69, 9.17) is 17.3 Å². The number of benzene rings is 1. The van der Waals surface area contributed by atoms with Crippen LogP contribution >= 0.6 is 45.5 Å². The third-order valence-electron chi connectivity index (χ3n) is 2.04. The van der Waals surface area contributed by atoms with Crippen LogP contribution in [0.5, 0.6) is 0 Å². The van der Waals surface area contributed by atoms with Gasteiger partial charge in [0.1, 0.15) is 4.21 Å². The van der Waals surface area contributed by atoms with Gasteiger partial charge in [-0.2, -0.15) is 0 Å². The van der Waals surface area contributed by atoms with Gasteiger partial charge >= 0.3 is 0 Å². The van der Waals surface area contributed by atoms with Gasteiger partial charge in [0, 0.05) is 19.7 Å². The lowest BCUT2D eigenvalue weighted by molar-refractivity contribution is 0.603. The molecule has 96 valence electrons. The molecule has 0 unspecified atom stereocenters. The highest BCUT2D eigenvalue weighted by Crippen LogP contribution is 2.27. The molecule has 1 aromatic heterocycles. The third-order valence-corrected chi connectivity index (χ3v) is 5.99. The Morgan fingerprint density at radius 1 is 1.33 bits per heavy atom. The summed E-state index contributed by atoms with van der Waals surface area (Å²) in [5, 5.41) is 2.14. The first-order valence-corrected chi connectivity index (χ1v) is 8.52. The van der Waals surface area contributed by atoms with Crippen LogP contribution in [0, 0.1) is 3.57 Å². The molecule has 4 nitrogen and oxygen atoms in total. The van der Waals surface area contributed by atoms with Crippen LogP contribution in [0.15, 0.2) is 33.9 Å². The monoisotopic (exact) mass is 414 g/mol. The van der Waals surface area contributed by atoms with Gasteiger partial charge < -0.3 is 5.73 Å². The zero-order chi connectivity index (χ0) is 13.3. The normalized spacial score (nSPS) is 11.4. The van der Waals surface area contributed by atoms with Crippen molar-refractivity contribution in [2.24, 2.45) is 0 Å². The molecule has 0 aliphatic rings. The van der Waals surface area contributed by atoms with Crippen LogP contribution < -0.4 is 10.5 Å². The van der Waals surface area contributed by atoms with Crippen molar-refractivity contribution in [3.8, 4) is 0 Å². The van der Waals surface area contributed by atoms with Crippen LogP contribution in [0.2, 0.25) is 5.02 Å². The zero-order valence-corrected chi connectivity index (χ0v) is 13.4. The summed E-state index contributed by atoms with van der Waals surface area (Å²) in [4.78, 5) is 0. The van der Waals surface area contributed by atoms with E-state index < -0.39 is 10.0 Å². The molecule has 3 N–H and O–H groups in total. The smallest absolute Gasteiger partial charge is 0.271 e. The minimum absolute atomic E-state index is 0.186. The molecule has 0 atom stereocenters. The van der Waals surface area contributed by atoms with E-state index in [0.717, 1.165) is 14.9 Å². The van der Waals surface area contributed by atoms with Crippen molar-refractivity contribution >= 4 is 66.9 Å². The summed E-state index contributed by atoms with van der Waals surface area (Å²) < 4.78 is 27.5. The average molecular weight is 415 g/mol. The molecule has 0 bridgehead atoms. The lowest BCUT2D eigenvalue weighted by Crippen LogP contribution is -2.12. The summed E-state index contributed by atoms with van der Waals surface area (Å²) >= 11 is 8.91. The Balaban J connectivity index is 2.33. The maximum absolute atomic E-state index is 12.1. The Hall–Kier alpha value is -0.510. The fraction of sp³-hybridized carbons (Fsp3) is 0. The highest BCUT2D eigenvalue weighted by molar-refractivity contribution is 14.1. The van der Waals surface area contributed by atoms with E-state index in [1.165, 1.54) is 6.07 Å². The molecule has 0 saturated carbocycles. The molecule has 18 heavy (non-hydrogen) atoms. The first-order valence-electron chi connectivity index (χ1n) is 4.70. The summed E-state index contributed by atoms with van der Waals surface area (Å²) in [6.07, 6.45) is 0. The molecule has 0 aliphatic heterocycles. The predicted molar refractivity (Wildman–Crippen MR) is 83.7 cm³/mol. The van der Waals surface area contributed by atoms with E-state index in [-0.39, 0.29) is 4.21 Å². The topological polar surface area (TPSA) is 72.2 Å². The van der Waals surface area contributed by atoms with Crippen LogP contribution in [0.25, 0.3) is 0 Å². The number of halogens is 2. The zero-order valence-electron chi connectivity index (χ0n) is 8.85. The fourth-order valence-corrected chi connectivity index (χ4v) is 4.59. The highest BCUT2D eigenvalue weighted by atomic mass is 127. The van der Waals surface area contributed by atoms with Crippen molar-refractivity contribution in [1.82, 2.24) is 0 Å². The number of anilines is 2. The van der Waals surface area contributed by atoms with Gasteiger partial charge in [-0.1, -0.05) is 11.6 Å². The van der Waals surface area contributed by atoms with Crippen molar-refractivity contribution < 1.29 is 8.42 Å². The van der Waals surface area contributed by atoms with E-state index in [0.29, 0.717) is 16.4 Å². The molecule has 0 spiro atoms. The standard InChI is InChI=1S/C10H8ClIN2O2S2/c11-6-1-2-9(8(12)3-6)14-18(15,16)10-4-7(13)5-17-10/h1-5,14H,13H2. The number of nitrogens with one attached hydrogen (secondary N) is 1. The van der Waals surface area contributed by atoms with Gasteiger partial charge in [0.15, 0.2) is 0 Å². The molecule has 0 amide bonds. The van der Waals surface area contributed by atoms with Crippen molar-refractivity contribution in [2.75, 3.05) is 10.5 Å². The van der Waals surface area contributed by atoms with Gasteiger partial charge in [0.05, 0.1) is 5.69 Å². The second-order valence-corrected chi connectivity index (χ2v) is 7.85. The maximum atomic E-state index is 12.1. The Morgan fingerprint density at radius 2 is 2.06 bits per heavy atom. The molecule has 2 aromatic rings. The van der Waals surface area contributed by atoms with Crippen molar-refractivity contribution in [3.63, 3.8) is 0 Å². The Morgan fingerprint density at radius 3 is 2.61 bits per heavy atom. The first-order chi connectivity index (χ1) is 8.38. The molecule has 0 fully saturated rings. The van der Waals surface area contributed by atoms with Crippen LogP contribution in [0.3, 0.4) is 0 Å². The predicted octanol–water partition coefficient (Wildman–Crippen LogP) is 3.39. The minimum Gasteiger partial charge on any atom is -0.398 e. The van der Waals surface area contributed by atoms with Crippen molar-refractivity contribution in [3.05, 3.63) is 38.2 Å². The molecule has 8 heteroatoms. The summed E-state index contributed by atoms with van der Waals surface area (Å²) in [6.45, 7) is 0. The quantitative estimate of drug-likeness (QED) is 0.756. The van der Waals surface area contributed by atoms with Gasteiger partial charge in [0.25, 0.3) is 10.0 Å². The van der Waals surface area contributed by atoms with E-state index in [9.17, 15) is 8.42 Å². The number of thiophene rings is 1. The molecular weight excluding hydrogens is 407 g/mol. The minimum atomic E-state index is -3.59. The van der Waals surface area contributed by atoms with Gasteiger partial charge in [0.2, 0.25) is 0 Å². The fourth-order valence-electron chi connectivity index (χ4n) is 1.24. The van der Waals surface area contributed by atoms with E-state index in [1.807, 2.05) is 22.6 Å². The average Bonchev–Trinajstić information content (AvgIpc) is 2.70. The highest BCUT2D eigenvalue weighted by Gasteiger charge is 2.17. The van der Waals surface area contributed by atoms with Crippen molar-refractivity contribution in [1.29, 1.82) is 0 Å². The number of hydrogen-bond donors (Lipinski definition) is 2. The first kappa shape index (κ1) is 13.9. The maximum Gasteiger partial charge on any atom is 0.271 e. The van der Waals surface area contributed by atoms with Crippen molar-refractivity contribution in [2.45, 2.75) is 4.21 Å². The Bertz CT molecular complexity index is 685. The van der Waals surface area contributed by atoms with Crippen LogP contribution in [-0.2, 0) is 10.0 Å². The molecule has 1 heterocycles. The molecule has 0 aliphatic carbocycles. The van der Waals surface area contributed by atoms with Crippen LogP contribution in [-0.4, -0.2) is 8.42 Å². The number of nitrogens with two attached hydrogens (primary N) is 1. The van der Waals surface area contributed by atoms with E-state index in [2.05, 4.69) is 4.72 Å². The summed E-state index contributed by atoms with van der Waals surface area (Å²) in [5.41, 5.74) is 6.45. The summed E-state index contributed by atoms with van der Waals surface area (Å²) in [5.74, 6) is 0. The van der Waals surface area contributed by atoms with Gasteiger partial charge in [-0.25, -0.2) is 8.42 Å². The van der Waals surface area contributed by atoms with E-state index >= 15 is 0 Å². The molecule has 0 radical (unpaired) electrons. The molecule has 0 saturated heterocycles. The second-order valence-electron chi connectivity index (χ2n) is 3.43. The molecule has 2 rings (SSSR count). The lowest BCUT2D eigenvalue weighted by atomic mass is 10.3. The Labute approximate surface area is 127 Å². The van der Waals surface area contributed by atoms with Crippen LogP contribution in [0.4, 0.5) is 11.4 Å². The number of rotatable bonds is 3. The van der Waals surface area contributed by atoms with Crippen LogP contribution in [0.1, 0.15) is 0 Å². The molecular formula is C10H8ClIN2O2S2. The summed E-state index contributed by atoms with van der Waals surface area (Å²) in [7, 11) is -3.59. The Kier molecular flexibility index (Phi) is 4.05. The third kappa shape index (κ3) is 3.08.